The Kier molecular flexibility index (Phi) is 2.95. The molecule has 0 unspecified atom stereocenters. The van der Waals surface area contributed by atoms with Gasteiger partial charge in [-0.3, -0.25) is 4.79 Å². The lowest BCUT2D eigenvalue weighted by Gasteiger charge is -2.04. The Morgan fingerprint density at radius 2 is 2.31 bits per heavy atom. The van der Waals surface area contributed by atoms with E-state index < -0.39 is 0 Å². The average Bonchev–Trinajstić information content (AvgIpc) is 2.04. The first kappa shape index (κ1) is 9.64. The molecule has 0 atom stereocenters. The highest BCUT2D eigenvalue weighted by Gasteiger charge is 2.06. The number of aryl methyl sites for hydroxylation is 1. The molecular weight excluding hydrogens is 166 g/mol. The number of carbonyl (C=O) groups is 1. The molecular formula is C9H13N3O. The van der Waals surface area contributed by atoms with Crippen molar-refractivity contribution in [3.63, 3.8) is 0 Å². The molecule has 0 aromatic carbocycles. The second kappa shape index (κ2) is 3.98. The zero-order valence-corrected chi connectivity index (χ0v) is 8.09. The van der Waals surface area contributed by atoms with E-state index in [1.165, 1.54) is 6.92 Å². The molecule has 13 heavy (non-hydrogen) atoms. The van der Waals surface area contributed by atoms with Gasteiger partial charge in [-0.15, -0.1) is 0 Å². The van der Waals surface area contributed by atoms with E-state index in [0.717, 1.165) is 12.2 Å². The molecule has 1 aromatic rings. The second-order valence-corrected chi connectivity index (χ2v) is 2.78. The van der Waals surface area contributed by atoms with E-state index in [1.807, 2.05) is 6.92 Å². The van der Waals surface area contributed by atoms with E-state index >= 15 is 0 Å². The molecule has 0 saturated heterocycles. The third kappa shape index (κ3) is 2.24. The molecule has 1 rings (SSSR count). The Balaban J connectivity index is 2.98. The third-order valence-corrected chi connectivity index (χ3v) is 1.69. The molecule has 70 valence electrons. The van der Waals surface area contributed by atoms with Crippen LogP contribution in [0.4, 0.5) is 5.95 Å². The van der Waals surface area contributed by atoms with E-state index in [2.05, 4.69) is 15.3 Å². The van der Waals surface area contributed by atoms with Crippen molar-refractivity contribution in [1.29, 1.82) is 0 Å². The van der Waals surface area contributed by atoms with Crippen LogP contribution in [0.3, 0.4) is 0 Å². The van der Waals surface area contributed by atoms with E-state index in [1.54, 1.807) is 13.1 Å². The Hall–Kier alpha value is -1.45. The van der Waals surface area contributed by atoms with Crippen LogP contribution in [0.25, 0.3) is 0 Å². The molecule has 0 aliphatic rings. The van der Waals surface area contributed by atoms with Crippen LogP contribution in [-0.4, -0.2) is 22.3 Å². The largest absolute Gasteiger partial charge is 0.354 e. The normalized spacial score (nSPS) is 9.77. The number of Topliss-reactive ketones (excluding diaryl/α,β-unsaturated/α-hetero) is 1. The van der Waals surface area contributed by atoms with Gasteiger partial charge in [-0.1, -0.05) is 0 Å². The maximum absolute atomic E-state index is 11.0. The van der Waals surface area contributed by atoms with E-state index in [-0.39, 0.29) is 5.78 Å². The lowest BCUT2D eigenvalue weighted by atomic mass is 10.2. The molecule has 0 amide bonds. The summed E-state index contributed by atoms with van der Waals surface area (Å²) in [5, 5.41) is 2.98. The first-order valence-electron chi connectivity index (χ1n) is 4.23. The van der Waals surface area contributed by atoms with Crippen LogP contribution in [0.5, 0.6) is 0 Å². The topological polar surface area (TPSA) is 54.9 Å². The molecule has 0 spiro atoms. The molecule has 1 N–H and O–H groups in total. The van der Waals surface area contributed by atoms with E-state index in [4.69, 9.17) is 0 Å². The summed E-state index contributed by atoms with van der Waals surface area (Å²) in [4.78, 5) is 19.2. The molecule has 0 aliphatic heterocycles. The zero-order valence-electron chi connectivity index (χ0n) is 8.09. The number of aromatic nitrogens is 2. The molecule has 0 fully saturated rings. The highest BCUT2D eigenvalue weighted by Crippen LogP contribution is 2.06. The Morgan fingerprint density at radius 1 is 1.62 bits per heavy atom. The van der Waals surface area contributed by atoms with Gasteiger partial charge in [0.1, 0.15) is 0 Å². The maximum atomic E-state index is 11.0. The second-order valence-electron chi connectivity index (χ2n) is 2.78. The molecule has 1 heterocycles. The van der Waals surface area contributed by atoms with Gasteiger partial charge in [0.2, 0.25) is 5.95 Å². The van der Waals surface area contributed by atoms with Gasteiger partial charge in [-0.25, -0.2) is 9.97 Å². The number of rotatable bonds is 3. The smallest absolute Gasteiger partial charge is 0.222 e. The highest BCUT2D eigenvalue weighted by molar-refractivity contribution is 5.94. The Labute approximate surface area is 77.4 Å². The summed E-state index contributed by atoms with van der Waals surface area (Å²) in [5.74, 6) is 0.575. The van der Waals surface area contributed by atoms with Crippen LogP contribution in [-0.2, 0) is 0 Å². The number of nitrogens with one attached hydrogen (secondary N) is 1. The maximum Gasteiger partial charge on any atom is 0.222 e. The van der Waals surface area contributed by atoms with Crippen LogP contribution < -0.4 is 5.32 Å². The van der Waals surface area contributed by atoms with Gasteiger partial charge in [0.15, 0.2) is 5.78 Å². The van der Waals surface area contributed by atoms with Gasteiger partial charge >= 0.3 is 0 Å². The minimum absolute atomic E-state index is 0.000508. The number of ketones is 1. The molecule has 0 saturated carbocycles. The molecule has 1 aromatic heterocycles. The lowest BCUT2D eigenvalue weighted by Crippen LogP contribution is -2.06. The summed E-state index contributed by atoms with van der Waals surface area (Å²) in [6, 6.07) is 0. The Morgan fingerprint density at radius 3 is 2.77 bits per heavy atom. The van der Waals surface area contributed by atoms with Gasteiger partial charge in [-0.2, -0.15) is 0 Å². The van der Waals surface area contributed by atoms with Crippen LogP contribution in [0.15, 0.2) is 6.20 Å². The SMILES string of the molecule is CCNc1ncc(C(C)=O)c(C)n1. The fraction of sp³-hybridized carbons (Fsp3) is 0.444. The van der Waals surface area contributed by atoms with Crippen LogP contribution >= 0.6 is 0 Å². The predicted octanol–water partition coefficient (Wildman–Crippen LogP) is 1.42. The average molecular weight is 179 g/mol. The third-order valence-electron chi connectivity index (χ3n) is 1.69. The highest BCUT2D eigenvalue weighted by atomic mass is 16.1. The predicted molar refractivity (Wildman–Crippen MR) is 50.9 cm³/mol. The van der Waals surface area contributed by atoms with Crippen molar-refractivity contribution in [2.24, 2.45) is 0 Å². The quantitative estimate of drug-likeness (QED) is 0.713. The van der Waals surface area contributed by atoms with Crippen LogP contribution in [0.2, 0.25) is 0 Å². The van der Waals surface area contributed by atoms with Crippen molar-refractivity contribution in [2.75, 3.05) is 11.9 Å². The van der Waals surface area contributed by atoms with Gasteiger partial charge in [0.25, 0.3) is 0 Å². The fourth-order valence-corrected chi connectivity index (χ4v) is 1.06. The first-order chi connectivity index (χ1) is 6.15. The van der Waals surface area contributed by atoms with Crippen molar-refractivity contribution in [3.8, 4) is 0 Å². The van der Waals surface area contributed by atoms with Crippen molar-refractivity contribution in [2.45, 2.75) is 20.8 Å². The van der Waals surface area contributed by atoms with E-state index in [0.29, 0.717) is 11.5 Å². The fourth-order valence-electron chi connectivity index (χ4n) is 1.06. The van der Waals surface area contributed by atoms with Crippen LogP contribution in [0, 0.1) is 6.92 Å². The van der Waals surface area contributed by atoms with E-state index in [9.17, 15) is 4.79 Å². The molecule has 0 radical (unpaired) electrons. The van der Waals surface area contributed by atoms with Gasteiger partial charge in [0.05, 0.1) is 11.3 Å². The van der Waals surface area contributed by atoms with Crippen LogP contribution in [0.1, 0.15) is 29.9 Å². The molecule has 4 heteroatoms. The summed E-state index contributed by atoms with van der Waals surface area (Å²) in [5.41, 5.74) is 1.31. The van der Waals surface area contributed by atoms with Crippen molar-refractivity contribution in [3.05, 3.63) is 17.5 Å². The summed E-state index contributed by atoms with van der Waals surface area (Å²) in [7, 11) is 0. The number of anilines is 1. The zero-order chi connectivity index (χ0) is 9.84. The minimum Gasteiger partial charge on any atom is -0.354 e. The molecule has 4 nitrogen and oxygen atoms in total. The molecule has 0 bridgehead atoms. The lowest BCUT2D eigenvalue weighted by molar-refractivity contribution is 0.101. The summed E-state index contributed by atoms with van der Waals surface area (Å²) < 4.78 is 0. The van der Waals surface area contributed by atoms with Crippen molar-refractivity contribution >= 4 is 11.7 Å². The summed E-state index contributed by atoms with van der Waals surface area (Å²) in [6.45, 7) is 6.06. The van der Waals surface area contributed by atoms with Crippen molar-refractivity contribution < 1.29 is 4.79 Å². The van der Waals surface area contributed by atoms with Crippen molar-refractivity contribution in [1.82, 2.24) is 9.97 Å². The summed E-state index contributed by atoms with van der Waals surface area (Å²) >= 11 is 0. The standard InChI is InChI=1S/C9H13N3O/c1-4-10-9-11-5-8(7(3)13)6(2)12-9/h5H,4H2,1-3H3,(H,10,11,12). The molecule has 0 aliphatic carbocycles. The van der Waals surface area contributed by atoms with Gasteiger partial charge < -0.3 is 5.32 Å². The monoisotopic (exact) mass is 179 g/mol. The van der Waals surface area contributed by atoms with Gasteiger partial charge in [0, 0.05) is 12.7 Å². The Bertz CT molecular complexity index is 323. The number of carbonyl (C=O) groups excluding carboxylic acids is 1. The van der Waals surface area contributed by atoms with Gasteiger partial charge in [-0.05, 0) is 20.8 Å². The summed E-state index contributed by atoms with van der Waals surface area (Å²) in [6.07, 6.45) is 1.56. The first-order valence-corrected chi connectivity index (χ1v) is 4.23. The number of hydrogen-bond donors (Lipinski definition) is 1. The number of hydrogen-bond acceptors (Lipinski definition) is 4. The minimum atomic E-state index is 0.000508. The number of nitrogens with zero attached hydrogens (tertiary/aromatic N) is 2.